The number of rotatable bonds is 0. The molecule has 2 atom stereocenters. The van der Waals surface area contributed by atoms with Gasteiger partial charge in [-0.3, -0.25) is 0 Å². The topological polar surface area (TPSA) is 0 Å². The molecular formula is C8H10I-. The van der Waals surface area contributed by atoms with Gasteiger partial charge in [-0.25, -0.2) is 0 Å². The molecule has 0 aromatic heterocycles. The van der Waals surface area contributed by atoms with Crippen LogP contribution in [0.3, 0.4) is 0 Å². The van der Waals surface area contributed by atoms with Crippen molar-refractivity contribution in [1.29, 1.82) is 0 Å². The van der Waals surface area contributed by atoms with Crippen LogP contribution in [0.2, 0.25) is 0 Å². The first kappa shape index (κ1) is 5.16. The van der Waals surface area contributed by atoms with E-state index < -0.39 is 0 Å². The van der Waals surface area contributed by atoms with Crippen LogP contribution in [0.1, 0.15) is 25.7 Å². The molecule has 0 saturated heterocycles. The molecule has 0 nitrogen and oxygen atoms in total. The van der Waals surface area contributed by atoms with Gasteiger partial charge in [0.1, 0.15) is 0 Å². The van der Waals surface area contributed by atoms with E-state index in [2.05, 4.69) is 0 Å². The van der Waals surface area contributed by atoms with Crippen molar-refractivity contribution >= 4 is 0 Å². The van der Waals surface area contributed by atoms with Gasteiger partial charge in [-0.05, 0) is 0 Å². The average molecular weight is 233 g/mol. The van der Waals surface area contributed by atoms with Crippen LogP contribution in [0, 0.1) is 5.92 Å². The third-order valence-corrected chi connectivity index (χ3v) is 7.07. The van der Waals surface area contributed by atoms with Gasteiger partial charge in [0.05, 0.1) is 0 Å². The summed E-state index contributed by atoms with van der Waals surface area (Å²) in [6.45, 7) is 0. The van der Waals surface area contributed by atoms with E-state index in [1.54, 1.807) is 12.8 Å². The first-order valence-electron chi connectivity index (χ1n) is 3.78. The van der Waals surface area contributed by atoms with Gasteiger partial charge >= 0.3 is 65.9 Å². The van der Waals surface area contributed by atoms with E-state index in [9.17, 15) is 0 Å². The van der Waals surface area contributed by atoms with E-state index in [0.29, 0.717) is 21.2 Å². The molecule has 9 heavy (non-hydrogen) atoms. The molecule has 50 valence electrons. The minimum atomic E-state index is 0.589. The van der Waals surface area contributed by atoms with Gasteiger partial charge in [0, 0.05) is 0 Å². The second-order valence-corrected chi connectivity index (χ2v) is 6.88. The van der Waals surface area contributed by atoms with Crippen molar-refractivity contribution in [2.24, 2.45) is 5.92 Å². The predicted octanol–water partition coefficient (Wildman–Crippen LogP) is -1.08. The fraction of sp³-hybridized carbons (Fsp3) is 0.750. The average Bonchev–Trinajstić information content (AvgIpc) is 2.53. The van der Waals surface area contributed by atoms with Crippen molar-refractivity contribution < 1.29 is 21.2 Å². The number of alkyl halides is 1. The van der Waals surface area contributed by atoms with E-state index in [0.717, 1.165) is 0 Å². The van der Waals surface area contributed by atoms with Crippen LogP contribution in [0.15, 0.2) is 9.15 Å². The van der Waals surface area contributed by atoms with Crippen LogP contribution in [0.25, 0.3) is 0 Å². The molecule has 3 rings (SSSR count). The molecule has 2 unspecified atom stereocenters. The zero-order valence-electron chi connectivity index (χ0n) is 5.36. The Kier molecular flexibility index (Phi) is 0.889. The summed E-state index contributed by atoms with van der Waals surface area (Å²) < 4.78 is 3.21. The Morgan fingerprint density at radius 1 is 1.33 bits per heavy atom. The summed E-state index contributed by atoms with van der Waals surface area (Å²) in [4.78, 5) is 0. The Bertz CT molecular complexity index is 173. The minimum absolute atomic E-state index is 0.589. The van der Waals surface area contributed by atoms with Crippen molar-refractivity contribution in [1.82, 2.24) is 0 Å². The summed E-state index contributed by atoms with van der Waals surface area (Å²) in [5.74, 6) is 1.19. The summed E-state index contributed by atoms with van der Waals surface area (Å²) >= 11 is 0.589. The second kappa shape index (κ2) is 1.55. The predicted molar refractivity (Wildman–Crippen MR) is 32.8 cm³/mol. The van der Waals surface area contributed by atoms with Crippen LogP contribution in [-0.2, 0) is 0 Å². The monoisotopic (exact) mass is 233 g/mol. The molecular weight excluding hydrogens is 223 g/mol. The standard InChI is InChI=1S/C8H10I/c1-2-7-5(1)3-6-4-8(6)9-7/h5,7H,1-4H2/q-1. The summed E-state index contributed by atoms with van der Waals surface area (Å²) in [6.07, 6.45) is 6.18. The zero-order chi connectivity index (χ0) is 5.84. The summed E-state index contributed by atoms with van der Waals surface area (Å²) in [5.41, 5.74) is 1.89. The van der Waals surface area contributed by atoms with Gasteiger partial charge < -0.3 is 0 Å². The van der Waals surface area contributed by atoms with Gasteiger partial charge in [0.15, 0.2) is 0 Å². The summed E-state index contributed by atoms with van der Waals surface area (Å²) in [7, 11) is 0. The number of fused-ring (bicyclic) bond motifs is 1. The first-order valence-corrected chi connectivity index (χ1v) is 6.10. The van der Waals surface area contributed by atoms with Gasteiger partial charge in [-0.1, -0.05) is 0 Å². The maximum atomic E-state index is 1.95. The molecule has 1 saturated carbocycles. The molecule has 2 aliphatic carbocycles. The Balaban J connectivity index is 1.90. The van der Waals surface area contributed by atoms with Crippen molar-refractivity contribution in [3.8, 4) is 0 Å². The Labute approximate surface area is 66.0 Å². The number of hydrogen-bond donors (Lipinski definition) is 0. The van der Waals surface area contributed by atoms with E-state index in [1.807, 2.05) is 9.15 Å². The molecule has 0 N–H and O–H groups in total. The molecule has 0 radical (unpaired) electrons. The van der Waals surface area contributed by atoms with Gasteiger partial charge in [-0.2, -0.15) is 0 Å². The molecule has 1 aliphatic heterocycles. The van der Waals surface area contributed by atoms with Crippen molar-refractivity contribution in [3.05, 3.63) is 9.15 Å². The van der Waals surface area contributed by atoms with Crippen molar-refractivity contribution in [2.45, 2.75) is 29.6 Å². The van der Waals surface area contributed by atoms with Crippen LogP contribution in [-0.4, -0.2) is 3.92 Å². The second-order valence-electron chi connectivity index (χ2n) is 3.35. The van der Waals surface area contributed by atoms with Crippen LogP contribution in [0.5, 0.6) is 0 Å². The third kappa shape index (κ3) is 0.644. The molecule has 0 amide bonds. The van der Waals surface area contributed by atoms with Crippen LogP contribution in [0.4, 0.5) is 0 Å². The zero-order valence-corrected chi connectivity index (χ0v) is 7.52. The molecule has 0 spiro atoms. The molecule has 1 heterocycles. The Morgan fingerprint density at radius 3 is 3.00 bits per heavy atom. The SMILES string of the molecule is C1C2=C1[I-]C1CCC1C2. The van der Waals surface area contributed by atoms with Crippen LogP contribution >= 0.6 is 0 Å². The van der Waals surface area contributed by atoms with Crippen molar-refractivity contribution in [3.63, 3.8) is 0 Å². The van der Waals surface area contributed by atoms with Crippen LogP contribution < -0.4 is 21.2 Å². The third-order valence-electron chi connectivity index (χ3n) is 2.73. The van der Waals surface area contributed by atoms with Crippen molar-refractivity contribution in [2.75, 3.05) is 0 Å². The molecule has 1 heteroatoms. The first-order chi connectivity index (χ1) is 4.43. The fourth-order valence-corrected chi connectivity index (χ4v) is 5.93. The van der Waals surface area contributed by atoms with Gasteiger partial charge in [-0.15, -0.1) is 0 Å². The van der Waals surface area contributed by atoms with E-state index in [-0.39, 0.29) is 0 Å². The Morgan fingerprint density at radius 2 is 2.33 bits per heavy atom. The number of allylic oxidation sites excluding steroid dienone is 2. The van der Waals surface area contributed by atoms with E-state index in [1.165, 1.54) is 22.7 Å². The quantitative estimate of drug-likeness (QED) is 0.368. The molecule has 0 aromatic carbocycles. The molecule has 3 aliphatic rings. The Hall–Kier alpha value is 0.470. The molecule has 0 bridgehead atoms. The normalized spacial score (nSPS) is 46.2. The van der Waals surface area contributed by atoms with Gasteiger partial charge in [0.25, 0.3) is 0 Å². The summed E-state index contributed by atoms with van der Waals surface area (Å²) in [6, 6.07) is 0. The summed E-state index contributed by atoms with van der Waals surface area (Å²) in [5, 5.41) is 0. The van der Waals surface area contributed by atoms with E-state index in [4.69, 9.17) is 0 Å². The molecule has 1 fully saturated rings. The fourth-order valence-electron chi connectivity index (χ4n) is 1.83. The maximum absolute atomic E-state index is 1.95. The number of hydrogen-bond acceptors (Lipinski definition) is 0. The number of halogens is 1. The molecule has 0 aromatic rings. The van der Waals surface area contributed by atoms with Gasteiger partial charge in [0.2, 0.25) is 0 Å². The van der Waals surface area contributed by atoms with E-state index >= 15 is 0 Å².